The van der Waals surface area contributed by atoms with E-state index < -0.39 is 10.0 Å². The van der Waals surface area contributed by atoms with Gasteiger partial charge in [-0.3, -0.25) is 9.10 Å². The van der Waals surface area contributed by atoms with Crippen molar-refractivity contribution in [2.45, 2.75) is 20.3 Å². The first-order valence-electron chi connectivity index (χ1n) is 7.39. The highest BCUT2D eigenvalue weighted by molar-refractivity contribution is 7.93. The molecule has 22 heavy (non-hydrogen) atoms. The van der Waals surface area contributed by atoms with Crippen LogP contribution < -0.4 is 4.31 Å². The Hall–Kier alpha value is -1.82. The molecule has 1 fully saturated rings. The minimum Gasteiger partial charge on any atom is -0.335 e. The van der Waals surface area contributed by atoms with Crippen molar-refractivity contribution in [1.82, 2.24) is 4.90 Å². The second kappa shape index (κ2) is 6.52. The molecule has 1 aromatic carbocycles. The van der Waals surface area contributed by atoms with E-state index in [0.29, 0.717) is 37.3 Å². The summed E-state index contributed by atoms with van der Waals surface area (Å²) >= 11 is 0. The number of nitrogens with zero attached hydrogens (tertiary/aromatic N) is 2. The molecule has 6 heteroatoms. The van der Waals surface area contributed by atoms with Gasteiger partial charge in [0.2, 0.25) is 10.0 Å². The predicted molar refractivity (Wildman–Crippen MR) is 88.6 cm³/mol. The zero-order chi connectivity index (χ0) is 16.3. The summed E-state index contributed by atoms with van der Waals surface area (Å²) in [6.45, 7) is 9.28. The molecule has 1 saturated heterocycles. The van der Waals surface area contributed by atoms with Gasteiger partial charge in [0.15, 0.2) is 0 Å². The van der Waals surface area contributed by atoms with Crippen LogP contribution in [0.2, 0.25) is 0 Å². The Morgan fingerprint density at radius 3 is 2.41 bits per heavy atom. The Morgan fingerprint density at radius 2 is 1.95 bits per heavy atom. The smallest absolute Gasteiger partial charge is 0.254 e. The summed E-state index contributed by atoms with van der Waals surface area (Å²) < 4.78 is 25.2. The van der Waals surface area contributed by atoms with E-state index in [9.17, 15) is 13.2 Å². The number of likely N-dealkylation sites (N-methyl/N-ethyl adjacent to an activating group) is 1. The lowest BCUT2D eigenvalue weighted by molar-refractivity contribution is 0.0778. The zero-order valence-corrected chi connectivity index (χ0v) is 13.9. The van der Waals surface area contributed by atoms with Crippen LogP contribution in [-0.4, -0.2) is 44.6 Å². The van der Waals surface area contributed by atoms with Crippen LogP contribution in [0, 0.1) is 0 Å². The maximum Gasteiger partial charge on any atom is 0.254 e. The fourth-order valence-corrected chi connectivity index (χ4v) is 4.10. The molecule has 1 aliphatic heterocycles. The van der Waals surface area contributed by atoms with Gasteiger partial charge in [0.05, 0.1) is 11.4 Å². The summed E-state index contributed by atoms with van der Waals surface area (Å²) in [4.78, 5) is 14.1. The molecule has 5 nitrogen and oxygen atoms in total. The third kappa shape index (κ3) is 3.50. The van der Waals surface area contributed by atoms with Crippen molar-refractivity contribution in [1.29, 1.82) is 0 Å². The maximum absolute atomic E-state index is 12.4. The Bertz CT molecular complexity index is 665. The number of hydrogen-bond donors (Lipinski definition) is 0. The van der Waals surface area contributed by atoms with Crippen molar-refractivity contribution < 1.29 is 13.2 Å². The average Bonchev–Trinajstić information content (AvgIpc) is 2.83. The minimum absolute atomic E-state index is 0.0682. The van der Waals surface area contributed by atoms with Crippen LogP contribution in [0.1, 0.15) is 30.6 Å². The summed E-state index contributed by atoms with van der Waals surface area (Å²) in [5.74, 6) is 0.122. The van der Waals surface area contributed by atoms with Crippen LogP contribution in [0.15, 0.2) is 36.4 Å². The van der Waals surface area contributed by atoms with E-state index in [0.717, 1.165) is 5.57 Å². The van der Waals surface area contributed by atoms with Gasteiger partial charge in [0.25, 0.3) is 5.91 Å². The highest BCUT2D eigenvalue weighted by Crippen LogP contribution is 2.24. The molecule has 0 aromatic heterocycles. The Morgan fingerprint density at radius 1 is 1.32 bits per heavy atom. The first-order valence-corrected chi connectivity index (χ1v) is 9.00. The molecule has 0 saturated carbocycles. The molecule has 0 spiro atoms. The molecule has 0 bridgehead atoms. The van der Waals surface area contributed by atoms with E-state index in [-0.39, 0.29) is 11.7 Å². The number of amides is 1. The van der Waals surface area contributed by atoms with E-state index in [2.05, 4.69) is 6.58 Å². The molecule has 0 atom stereocenters. The van der Waals surface area contributed by atoms with E-state index in [4.69, 9.17) is 0 Å². The first kappa shape index (κ1) is 16.5. The van der Waals surface area contributed by atoms with E-state index >= 15 is 0 Å². The van der Waals surface area contributed by atoms with Crippen molar-refractivity contribution >= 4 is 21.6 Å². The molecule has 1 heterocycles. The van der Waals surface area contributed by atoms with Crippen LogP contribution >= 0.6 is 0 Å². The van der Waals surface area contributed by atoms with Gasteiger partial charge in [0.1, 0.15) is 0 Å². The molecule has 0 radical (unpaired) electrons. The van der Waals surface area contributed by atoms with Gasteiger partial charge in [-0.25, -0.2) is 8.42 Å². The number of sulfonamides is 1. The van der Waals surface area contributed by atoms with Gasteiger partial charge in [0, 0.05) is 25.2 Å². The summed E-state index contributed by atoms with van der Waals surface area (Å²) in [6, 6.07) is 6.77. The van der Waals surface area contributed by atoms with Crippen LogP contribution in [-0.2, 0) is 10.0 Å². The number of hydrogen-bond acceptors (Lipinski definition) is 3. The highest BCUT2D eigenvalue weighted by Gasteiger charge is 2.28. The highest BCUT2D eigenvalue weighted by atomic mass is 32.2. The second-order valence-corrected chi connectivity index (χ2v) is 7.58. The van der Waals surface area contributed by atoms with Crippen LogP contribution in [0.4, 0.5) is 5.69 Å². The quantitative estimate of drug-likeness (QED) is 0.781. The molecular formula is C16H22N2O3S. The summed E-state index contributed by atoms with van der Waals surface area (Å²) in [5, 5.41) is 0. The number of carbonyl (C=O) groups excluding carboxylic acids is 1. The molecule has 2 rings (SSSR count). The third-order valence-corrected chi connectivity index (χ3v) is 5.50. The lowest BCUT2D eigenvalue weighted by atomic mass is 10.1. The fraction of sp³-hybridized carbons (Fsp3) is 0.438. The molecular weight excluding hydrogens is 300 g/mol. The van der Waals surface area contributed by atoms with Crippen molar-refractivity contribution in [3.8, 4) is 0 Å². The molecule has 1 aromatic rings. The monoisotopic (exact) mass is 322 g/mol. The van der Waals surface area contributed by atoms with Gasteiger partial charge in [-0.2, -0.15) is 0 Å². The van der Waals surface area contributed by atoms with Gasteiger partial charge >= 0.3 is 0 Å². The first-order chi connectivity index (χ1) is 10.3. The fourth-order valence-electron chi connectivity index (χ4n) is 2.54. The largest absolute Gasteiger partial charge is 0.335 e. The maximum atomic E-state index is 12.4. The number of carbonyl (C=O) groups is 1. The van der Waals surface area contributed by atoms with E-state index in [1.807, 2.05) is 13.8 Å². The number of rotatable bonds is 5. The summed E-state index contributed by atoms with van der Waals surface area (Å²) in [5.41, 5.74) is 2.11. The minimum atomic E-state index is -3.18. The van der Waals surface area contributed by atoms with Gasteiger partial charge < -0.3 is 4.90 Å². The van der Waals surface area contributed by atoms with Crippen molar-refractivity contribution in [3.63, 3.8) is 0 Å². The van der Waals surface area contributed by atoms with Gasteiger partial charge in [-0.1, -0.05) is 12.2 Å². The Kier molecular flexibility index (Phi) is 4.90. The Balaban J connectivity index is 2.18. The van der Waals surface area contributed by atoms with E-state index in [1.54, 1.807) is 29.2 Å². The summed E-state index contributed by atoms with van der Waals surface area (Å²) in [7, 11) is -3.18. The van der Waals surface area contributed by atoms with Crippen molar-refractivity contribution in [3.05, 3.63) is 42.0 Å². The molecule has 0 aliphatic carbocycles. The lowest BCUT2D eigenvalue weighted by Gasteiger charge is -2.22. The molecule has 120 valence electrons. The average molecular weight is 322 g/mol. The summed E-state index contributed by atoms with van der Waals surface area (Å²) in [6.07, 6.45) is 0.644. The van der Waals surface area contributed by atoms with Crippen LogP contribution in [0.25, 0.3) is 0 Å². The molecule has 0 unspecified atom stereocenters. The predicted octanol–water partition coefficient (Wildman–Crippen LogP) is 2.26. The molecule has 0 N–H and O–H groups in total. The van der Waals surface area contributed by atoms with Crippen molar-refractivity contribution in [2.75, 3.05) is 29.7 Å². The molecule has 1 aliphatic rings. The van der Waals surface area contributed by atoms with Crippen LogP contribution in [0.5, 0.6) is 0 Å². The number of anilines is 1. The zero-order valence-electron chi connectivity index (χ0n) is 13.1. The van der Waals surface area contributed by atoms with Crippen molar-refractivity contribution in [2.24, 2.45) is 0 Å². The third-order valence-electron chi connectivity index (χ3n) is 3.63. The topological polar surface area (TPSA) is 57.7 Å². The standard InChI is InChI=1S/C16H22N2O3S/c1-4-17(12-13(2)3)16(19)14-6-8-15(9-7-14)18-10-5-11-22(18,20)21/h6-9H,2,4-5,10-12H2,1,3H3. The lowest BCUT2D eigenvalue weighted by Crippen LogP contribution is -2.32. The second-order valence-electron chi connectivity index (χ2n) is 5.57. The van der Waals surface area contributed by atoms with Gasteiger partial charge in [-0.15, -0.1) is 0 Å². The van der Waals surface area contributed by atoms with Gasteiger partial charge in [-0.05, 0) is 44.5 Å². The molecule has 1 amide bonds. The SMILES string of the molecule is C=C(C)CN(CC)C(=O)c1ccc(N2CCCS2(=O)=O)cc1. The number of benzene rings is 1. The normalized spacial score (nSPS) is 16.5. The Labute approximate surface area is 132 Å². The van der Waals surface area contributed by atoms with E-state index in [1.165, 1.54) is 4.31 Å². The van der Waals surface area contributed by atoms with Crippen LogP contribution in [0.3, 0.4) is 0 Å².